The first-order valence-corrected chi connectivity index (χ1v) is 6.64. The molecule has 0 spiro atoms. The molecular formula is C16H13FN2O3. The highest BCUT2D eigenvalue weighted by molar-refractivity contribution is 5.93. The zero-order chi connectivity index (χ0) is 15.7. The van der Waals surface area contributed by atoms with Crippen LogP contribution in [-0.2, 0) is 6.61 Å². The van der Waals surface area contributed by atoms with Crippen LogP contribution in [0.3, 0.4) is 0 Å². The first-order valence-electron chi connectivity index (χ1n) is 6.64. The number of rotatable bonds is 4. The van der Waals surface area contributed by atoms with Gasteiger partial charge in [0.05, 0.1) is 5.52 Å². The van der Waals surface area contributed by atoms with Crippen molar-refractivity contribution in [2.24, 2.45) is 0 Å². The zero-order valence-corrected chi connectivity index (χ0v) is 11.8. The van der Waals surface area contributed by atoms with Crippen molar-refractivity contribution in [3.8, 4) is 5.75 Å². The average molecular weight is 300 g/mol. The molecule has 0 amide bonds. The number of aromatic carboxylic acids is 1. The van der Waals surface area contributed by atoms with Gasteiger partial charge in [0.2, 0.25) is 0 Å². The highest BCUT2D eigenvalue weighted by Gasteiger charge is 2.17. The van der Waals surface area contributed by atoms with Crippen LogP contribution in [0.25, 0.3) is 5.52 Å². The summed E-state index contributed by atoms with van der Waals surface area (Å²) in [6.07, 6.45) is 1.77. The van der Waals surface area contributed by atoms with E-state index in [-0.39, 0.29) is 18.1 Å². The Kier molecular flexibility index (Phi) is 3.50. The number of aromatic nitrogens is 2. The van der Waals surface area contributed by atoms with Gasteiger partial charge in [-0.3, -0.25) is 4.40 Å². The third kappa shape index (κ3) is 2.50. The Balaban J connectivity index is 1.98. The van der Waals surface area contributed by atoms with E-state index in [1.165, 1.54) is 12.1 Å². The Bertz CT molecular complexity index is 858. The van der Waals surface area contributed by atoms with Crippen LogP contribution in [0, 0.1) is 12.7 Å². The number of carboxylic acids is 1. The van der Waals surface area contributed by atoms with Crippen LogP contribution in [0.15, 0.2) is 42.6 Å². The van der Waals surface area contributed by atoms with Crippen LogP contribution in [-0.4, -0.2) is 20.5 Å². The molecule has 6 heteroatoms. The Morgan fingerprint density at radius 3 is 2.82 bits per heavy atom. The molecule has 0 atom stereocenters. The summed E-state index contributed by atoms with van der Waals surface area (Å²) in [6, 6.07) is 9.54. The van der Waals surface area contributed by atoms with Crippen molar-refractivity contribution in [2.45, 2.75) is 13.5 Å². The fourth-order valence-electron chi connectivity index (χ4n) is 2.22. The summed E-state index contributed by atoms with van der Waals surface area (Å²) in [4.78, 5) is 15.4. The number of halogens is 1. The van der Waals surface area contributed by atoms with Crippen LogP contribution < -0.4 is 4.74 Å². The molecule has 0 saturated heterocycles. The number of pyridine rings is 1. The van der Waals surface area contributed by atoms with E-state index in [0.717, 1.165) is 5.56 Å². The molecule has 22 heavy (non-hydrogen) atoms. The zero-order valence-electron chi connectivity index (χ0n) is 11.8. The summed E-state index contributed by atoms with van der Waals surface area (Å²) < 4.78 is 20.6. The molecule has 3 aromatic rings. The predicted octanol–water partition coefficient (Wildman–Crippen LogP) is 3.06. The number of benzene rings is 1. The second-order valence-electron chi connectivity index (χ2n) is 4.86. The van der Waals surface area contributed by atoms with Crippen molar-refractivity contribution in [1.29, 1.82) is 0 Å². The lowest BCUT2D eigenvalue weighted by atomic mass is 10.2. The molecule has 1 aromatic carbocycles. The molecule has 2 aromatic heterocycles. The topological polar surface area (TPSA) is 63.8 Å². The van der Waals surface area contributed by atoms with Gasteiger partial charge in [-0.1, -0.05) is 18.2 Å². The van der Waals surface area contributed by atoms with Crippen molar-refractivity contribution in [3.63, 3.8) is 0 Å². The lowest BCUT2D eigenvalue weighted by Crippen LogP contribution is -2.03. The maximum absolute atomic E-state index is 13.6. The summed E-state index contributed by atoms with van der Waals surface area (Å²) in [5.74, 6) is -1.08. The minimum absolute atomic E-state index is 0.0289. The minimum Gasteiger partial charge on any atom is -0.483 e. The minimum atomic E-state index is -1.11. The molecule has 0 bridgehead atoms. The van der Waals surface area contributed by atoms with E-state index in [2.05, 4.69) is 4.98 Å². The summed E-state index contributed by atoms with van der Waals surface area (Å²) in [6.45, 7) is 1.86. The van der Waals surface area contributed by atoms with Crippen molar-refractivity contribution in [2.75, 3.05) is 0 Å². The van der Waals surface area contributed by atoms with E-state index in [0.29, 0.717) is 11.3 Å². The Hall–Kier alpha value is -2.89. The number of para-hydroxylation sites is 1. The molecule has 0 aliphatic carbocycles. The molecule has 3 rings (SSSR count). The first kappa shape index (κ1) is 14.1. The fourth-order valence-corrected chi connectivity index (χ4v) is 2.22. The van der Waals surface area contributed by atoms with Crippen LogP contribution in [0.4, 0.5) is 4.39 Å². The summed E-state index contributed by atoms with van der Waals surface area (Å²) in [5, 5.41) is 9.22. The van der Waals surface area contributed by atoms with Gasteiger partial charge in [0.15, 0.2) is 23.1 Å². The van der Waals surface area contributed by atoms with E-state index in [1.807, 2.05) is 13.0 Å². The first-order chi connectivity index (χ1) is 10.6. The van der Waals surface area contributed by atoms with Crippen LogP contribution in [0.2, 0.25) is 0 Å². The lowest BCUT2D eigenvalue weighted by molar-refractivity contribution is 0.0693. The second kappa shape index (κ2) is 5.48. The molecular weight excluding hydrogens is 287 g/mol. The summed E-state index contributed by atoms with van der Waals surface area (Å²) >= 11 is 0. The molecule has 0 aliphatic rings. The number of imidazole rings is 1. The predicted molar refractivity (Wildman–Crippen MR) is 77.6 cm³/mol. The maximum Gasteiger partial charge on any atom is 0.356 e. The van der Waals surface area contributed by atoms with Gasteiger partial charge in [-0.25, -0.2) is 14.2 Å². The Morgan fingerprint density at radius 2 is 2.09 bits per heavy atom. The highest BCUT2D eigenvalue weighted by atomic mass is 19.1. The van der Waals surface area contributed by atoms with Crippen molar-refractivity contribution < 1.29 is 19.0 Å². The van der Waals surface area contributed by atoms with Gasteiger partial charge in [0.1, 0.15) is 6.61 Å². The van der Waals surface area contributed by atoms with E-state index in [9.17, 15) is 14.3 Å². The van der Waals surface area contributed by atoms with Gasteiger partial charge in [-0.15, -0.1) is 0 Å². The van der Waals surface area contributed by atoms with Crippen LogP contribution in [0.1, 0.15) is 21.9 Å². The molecule has 0 unspecified atom stereocenters. The maximum atomic E-state index is 13.6. The van der Waals surface area contributed by atoms with Crippen molar-refractivity contribution in [3.05, 3.63) is 65.5 Å². The third-order valence-electron chi connectivity index (χ3n) is 3.25. The number of ether oxygens (including phenoxy) is 1. The van der Waals surface area contributed by atoms with E-state index < -0.39 is 11.8 Å². The number of nitrogens with zero attached hydrogens (tertiary/aromatic N) is 2. The van der Waals surface area contributed by atoms with Gasteiger partial charge in [0, 0.05) is 6.20 Å². The van der Waals surface area contributed by atoms with E-state index in [1.54, 1.807) is 28.8 Å². The number of carboxylic acid groups (broad SMARTS) is 1. The number of hydrogen-bond acceptors (Lipinski definition) is 3. The standard InChI is InChI=1S/C16H13FN2O3/c1-10-6-7-12-15(16(20)21)18-14(19(12)8-10)9-22-13-5-3-2-4-11(13)17/h2-8H,9H2,1H3,(H,20,21). The third-order valence-corrected chi connectivity index (χ3v) is 3.25. The number of hydrogen-bond donors (Lipinski definition) is 1. The van der Waals surface area contributed by atoms with Gasteiger partial charge in [-0.05, 0) is 30.7 Å². The molecule has 112 valence electrons. The number of fused-ring (bicyclic) bond motifs is 1. The second-order valence-corrected chi connectivity index (χ2v) is 4.86. The molecule has 1 N–H and O–H groups in total. The normalized spacial score (nSPS) is 10.8. The highest BCUT2D eigenvalue weighted by Crippen LogP contribution is 2.19. The SMILES string of the molecule is Cc1ccc2c(C(=O)O)nc(COc3ccccc3F)n2c1. The molecule has 0 aliphatic heterocycles. The van der Waals surface area contributed by atoms with Crippen LogP contribution in [0.5, 0.6) is 5.75 Å². The van der Waals surface area contributed by atoms with Gasteiger partial charge >= 0.3 is 5.97 Å². The number of aryl methyl sites for hydroxylation is 1. The lowest BCUT2D eigenvalue weighted by Gasteiger charge is -2.06. The van der Waals surface area contributed by atoms with Crippen molar-refractivity contribution >= 4 is 11.5 Å². The Labute approximate surface area is 125 Å². The van der Waals surface area contributed by atoms with Gasteiger partial charge in [0.25, 0.3) is 0 Å². The molecule has 5 nitrogen and oxygen atoms in total. The van der Waals surface area contributed by atoms with Crippen LogP contribution >= 0.6 is 0 Å². The Morgan fingerprint density at radius 1 is 1.32 bits per heavy atom. The molecule has 0 fully saturated rings. The van der Waals surface area contributed by atoms with E-state index in [4.69, 9.17) is 4.74 Å². The van der Waals surface area contributed by atoms with E-state index >= 15 is 0 Å². The van der Waals surface area contributed by atoms with Crippen molar-refractivity contribution in [1.82, 2.24) is 9.38 Å². The summed E-state index contributed by atoms with van der Waals surface area (Å²) in [5.41, 5.74) is 1.38. The number of carbonyl (C=O) groups is 1. The quantitative estimate of drug-likeness (QED) is 0.804. The molecule has 0 radical (unpaired) electrons. The molecule has 0 saturated carbocycles. The van der Waals surface area contributed by atoms with Gasteiger partial charge < -0.3 is 9.84 Å². The molecule has 2 heterocycles. The average Bonchev–Trinajstić information content (AvgIpc) is 2.84. The van der Waals surface area contributed by atoms with Gasteiger partial charge in [-0.2, -0.15) is 0 Å². The summed E-state index contributed by atoms with van der Waals surface area (Å²) in [7, 11) is 0. The largest absolute Gasteiger partial charge is 0.483 e. The fraction of sp³-hybridized carbons (Fsp3) is 0.125. The smallest absolute Gasteiger partial charge is 0.356 e. The monoisotopic (exact) mass is 300 g/mol.